The fraction of sp³-hybridized carbons (Fsp3) is 0.632. The number of hydrogen-bond donors (Lipinski definition) is 0. The summed E-state index contributed by atoms with van der Waals surface area (Å²) >= 11 is 0. The molecule has 0 aliphatic carbocycles. The molecule has 0 aromatic heterocycles. The topological polar surface area (TPSA) is 29.5 Å². The van der Waals surface area contributed by atoms with Gasteiger partial charge in [-0.3, -0.25) is 4.79 Å². The number of piperidine rings is 1. The van der Waals surface area contributed by atoms with Gasteiger partial charge in [-0.2, -0.15) is 0 Å². The highest BCUT2D eigenvalue weighted by Gasteiger charge is 2.24. The second-order valence-electron chi connectivity index (χ2n) is 6.39. The summed E-state index contributed by atoms with van der Waals surface area (Å²) in [6.45, 7) is 6.61. The van der Waals surface area contributed by atoms with Crippen LogP contribution in [0.1, 0.15) is 45.1 Å². The van der Waals surface area contributed by atoms with Gasteiger partial charge in [0.15, 0.2) is 0 Å². The van der Waals surface area contributed by atoms with Gasteiger partial charge in [-0.1, -0.05) is 37.3 Å². The third kappa shape index (κ3) is 5.45. The van der Waals surface area contributed by atoms with E-state index >= 15 is 0 Å². The number of aryl methyl sites for hydroxylation is 1. The maximum Gasteiger partial charge on any atom is 0.222 e. The third-order valence-electron chi connectivity index (χ3n) is 4.42. The minimum Gasteiger partial charge on any atom is -0.377 e. The van der Waals surface area contributed by atoms with E-state index in [0.29, 0.717) is 18.2 Å². The van der Waals surface area contributed by atoms with Gasteiger partial charge in [-0.25, -0.2) is 0 Å². The Kier molecular flexibility index (Phi) is 6.91. The highest BCUT2D eigenvalue weighted by atomic mass is 16.5. The standard InChI is InChI=1S/C19H29NO2/c1-3-22-18-10-7-13-20(15-18)19(21)14-16(2)11-12-17-8-5-4-6-9-17/h4-6,8-9,16,18H,3,7,10-15H2,1-2H3. The summed E-state index contributed by atoms with van der Waals surface area (Å²) in [4.78, 5) is 14.4. The lowest BCUT2D eigenvalue weighted by Crippen LogP contribution is -2.43. The number of nitrogens with zero attached hydrogens (tertiary/aromatic N) is 1. The van der Waals surface area contributed by atoms with Crippen molar-refractivity contribution in [2.45, 2.75) is 52.1 Å². The van der Waals surface area contributed by atoms with Gasteiger partial charge in [0.2, 0.25) is 5.91 Å². The molecule has 1 aliphatic heterocycles. The number of benzene rings is 1. The molecular weight excluding hydrogens is 274 g/mol. The van der Waals surface area contributed by atoms with Crippen LogP contribution in [-0.4, -0.2) is 36.6 Å². The number of ether oxygens (including phenoxy) is 1. The van der Waals surface area contributed by atoms with Crippen molar-refractivity contribution in [3.05, 3.63) is 35.9 Å². The van der Waals surface area contributed by atoms with Crippen LogP contribution in [-0.2, 0) is 16.0 Å². The summed E-state index contributed by atoms with van der Waals surface area (Å²) in [5, 5.41) is 0. The first-order valence-electron chi connectivity index (χ1n) is 8.62. The Balaban J connectivity index is 1.73. The van der Waals surface area contributed by atoms with Gasteiger partial charge >= 0.3 is 0 Å². The molecule has 1 aromatic rings. The van der Waals surface area contributed by atoms with Crippen LogP contribution in [0.15, 0.2) is 30.3 Å². The molecule has 2 unspecified atom stereocenters. The Hall–Kier alpha value is -1.35. The first-order valence-corrected chi connectivity index (χ1v) is 8.62. The molecule has 0 bridgehead atoms. The minimum absolute atomic E-state index is 0.238. The normalized spacial score (nSPS) is 19.9. The third-order valence-corrected chi connectivity index (χ3v) is 4.42. The van der Waals surface area contributed by atoms with Crippen LogP contribution in [0.25, 0.3) is 0 Å². The molecule has 122 valence electrons. The summed E-state index contributed by atoms with van der Waals surface area (Å²) in [5.74, 6) is 0.727. The maximum absolute atomic E-state index is 12.4. The highest BCUT2D eigenvalue weighted by Crippen LogP contribution is 2.18. The van der Waals surface area contributed by atoms with Crippen LogP contribution < -0.4 is 0 Å². The summed E-state index contributed by atoms with van der Waals surface area (Å²) in [6.07, 6.45) is 5.17. The highest BCUT2D eigenvalue weighted by molar-refractivity contribution is 5.76. The molecule has 2 atom stereocenters. The van der Waals surface area contributed by atoms with E-state index in [1.165, 1.54) is 5.56 Å². The number of carbonyl (C=O) groups is 1. The molecule has 0 N–H and O–H groups in total. The maximum atomic E-state index is 12.4. The van der Waals surface area contributed by atoms with E-state index in [9.17, 15) is 4.79 Å². The van der Waals surface area contributed by atoms with Crippen LogP contribution >= 0.6 is 0 Å². The van der Waals surface area contributed by atoms with E-state index in [-0.39, 0.29) is 6.10 Å². The molecule has 1 fully saturated rings. The summed E-state index contributed by atoms with van der Waals surface area (Å²) in [7, 11) is 0. The fourth-order valence-electron chi connectivity index (χ4n) is 3.12. The molecule has 1 aliphatic rings. The van der Waals surface area contributed by atoms with Crippen LogP contribution in [0.4, 0.5) is 0 Å². The first kappa shape index (κ1) is 17.0. The molecule has 3 nitrogen and oxygen atoms in total. The van der Waals surface area contributed by atoms with Gasteiger partial charge in [0, 0.05) is 26.1 Å². The molecular formula is C19H29NO2. The minimum atomic E-state index is 0.238. The Morgan fingerprint density at radius 3 is 2.86 bits per heavy atom. The zero-order chi connectivity index (χ0) is 15.8. The molecule has 2 rings (SSSR count). The van der Waals surface area contributed by atoms with Crippen LogP contribution in [0, 0.1) is 5.92 Å². The molecule has 1 aromatic carbocycles. The Morgan fingerprint density at radius 1 is 1.36 bits per heavy atom. The van der Waals surface area contributed by atoms with Crippen molar-refractivity contribution >= 4 is 5.91 Å². The van der Waals surface area contributed by atoms with Crippen molar-refractivity contribution in [1.82, 2.24) is 4.90 Å². The van der Waals surface area contributed by atoms with Gasteiger partial charge in [0.1, 0.15) is 0 Å². The van der Waals surface area contributed by atoms with Gasteiger partial charge < -0.3 is 9.64 Å². The number of rotatable bonds is 7. The van der Waals surface area contributed by atoms with Crippen molar-refractivity contribution in [3.8, 4) is 0 Å². The lowest BCUT2D eigenvalue weighted by Gasteiger charge is -2.33. The Labute approximate surface area is 134 Å². The molecule has 1 amide bonds. The van der Waals surface area contributed by atoms with E-state index < -0.39 is 0 Å². The van der Waals surface area contributed by atoms with Crippen molar-refractivity contribution in [2.75, 3.05) is 19.7 Å². The van der Waals surface area contributed by atoms with Gasteiger partial charge in [-0.05, 0) is 44.1 Å². The summed E-state index contributed by atoms with van der Waals surface area (Å²) in [6, 6.07) is 10.5. The predicted molar refractivity (Wildman–Crippen MR) is 89.8 cm³/mol. The zero-order valence-electron chi connectivity index (χ0n) is 14.0. The van der Waals surface area contributed by atoms with E-state index in [0.717, 1.165) is 45.4 Å². The SMILES string of the molecule is CCOC1CCCN(C(=O)CC(C)CCc2ccccc2)C1. The van der Waals surface area contributed by atoms with E-state index in [1.807, 2.05) is 17.9 Å². The van der Waals surface area contributed by atoms with Crippen molar-refractivity contribution in [1.29, 1.82) is 0 Å². The van der Waals surface area contributed by atoms with Crippen LogP contribution in [0.5, 0.6) is 0 Å². The monoisotopic (exact) mass is 303 g/mol. The largest absolute Gasteiger partial charge is 0.377 e. The average molecular weight is 303 g/mol. The number of hydrogen-bond acceptors (Lipinski definition) is 2. The lowest BCUT2D eigenvalue weighted by molar-refractivity contribution is -0.136. The van der Waals surface area contributed by atoms with Crippen molar-refractivity contribution in [2.24, 2.45) is 5.92 Å². The van der Waals surface area contributed by atoms with Gasteiger partial charge in [0.25, 0.3) is 0 Å². The number of carbonyl (C=O) groups excluding carboxylic acids is 1. The number of likely N-dealkylation sites (tertiary alicyclic amines) is 1. The van der Waals surface area contributed by atoms with E-state index in [1.54, 1.807) is 0 Å². The van der Waals surface area contributed by atoms with Crippen molar-refractivity contribution < 1.29 is 9.53 Å². The summed E-state index contributed by atoms with van der Waals surface area (Å²) < 4.78 is 5.68. The Morgan fingerprint density at radius 2 is 2.14 bits per heavy atom. The van der Waals surface area contributed by atoms with Gasteiger partial charge in [-0.15, -0.1) is 0 Å². The zero-order valence-corrected chi connectivity index (χ0v) is 14.0. The molecule has 0 saturated carbocycles. The predicted octanol–water partition coefficient (Wildman–Crippen LogP) is 3.67. The molecule has 0 radical (unpaired) electrons. The fourth-order valence-corrected chi connectivity index (χ4v) is 3.12. The molecule has 1 saturated heterocycles. The van der Waals surface area contributed by atoms with E-state index in [4.69, 9.17) is 4.74 Å². The van der Waals surface area contributed by atoms with Crippen molar-refractivity contribution in [3.63, 3.8) is 0 Å². The van der Waals surface area contributed by atoms with E-state index in [2.05, 4.69) is 31.2 Å². The molecule has 1 heterocycles. The Bertz CT molecular complexity index is 444. The summed E-state index contributed by atoms with van der Waals surface area (Å²) in [5.41, 5.74) is 1.36. The van der Waals surface area contributed by atoms with Crippen LogP contribution in [0.2, 0.25) is 0 Å². The quantitative estimate of drug-likeness (QED) is 0.769. The van der Waals surface area contributed by atoms with Gasteiger partial charge in [0.05, 0.1) is 6.10 Å². The second kappa shape index (κ2) is 8.94. The molecule has 3 heteroatoms. The second-order valence-corrected chi connectivity index (χ2v) is 6.39. The average Bonchev–Trinajstić information content (AvgIpc) is 2.54. The first-order chi connectivity index (χ1) is 10.7. The van der Waals surface area contributed by atoms with Crippen LogP contribution in [0.3, 0.4) is 0 Å². The number of amides is 1. The lowest BCUT2D eigenvalue weighted by atomic mass is 9.97. The molecule has 0 spiro atoms. The molecule has 22 heavy (non-hydrogen) atoms. The smallest absolute Gasteiger partial charge is 0.222 e.